The zero-order valence-electron chi connectivity index (χ0n) is 12.0. The number of aliphatic hydroxyl groups is 1. The van der Waals surface area contributed by atoms with E-state index in [1.165, 1.54) is 11.8 Å². The summed E-state index contributed by atoms with van der Waals surface area (Å²) in [7, 11) is 0. The standard InChI is InChI=1S/C15H22O4S/c1-3-4-7-19-9-12(16)10-20-13-6-5-11(2)14(8-13)15(17)18/h5-6,8,12,16H,3-4,7,9-10H2,1-2H3,(H,17,18). The second kappa shape index (κ2) is 9.00. The molecule has 4 nitrogen and oxygen atoms in total. The highest BCUT2D eigenvalue weighted by molar-refractivity contribution is 7.99. The van der Waals surface area contributed by atoms with Crippen LogP contribution in [-0.4, -0.2) is 41.3 Å². The van der Waals surface area contributed by atoms with E-state index in [2.05, 4.69) is 6.92 Å². The van der Waals surface area contributed by atoms with Crippen LogP contribution in [0.5, 0.6) is 0 Å². The minimum absolute atomic E-state index is 0.309. The number of aryl methyl sites for hydroxylation is 1. The molecule has 0 fully saturated rings. The number of unbranched alkanes of at least 4 members (excludes halogenated alkanes) is 1. The maximum absolute atomic E-state index is 11.0. The number of hydrogen-bond acceptors (Lipinski definition) is 4. The fraction of sp³-hybridized carbons (Fsp3) is 0.533. The monoisotopic (exact) mass is 298 g/mol. The average Bonchev–Trinajstić information content (AvgIpc) is 2.42. The van der Waals surface area contributed by atoms with Gasteiger partial charge in [-0.05, 0) is 31.0 Å². The molecule has 1 rings (SSSR count). The highest BCUT2D eigenvalue weighted by Gasteiger charge is 2.10. The van der Waals surface area contributed by atoms with E-state index >= 15 is 0 Å². The van der Waals surface area contributed by atoms with Gasteiger partial charge >= 0.3 is 5.97 Å². The van der Waals surface area contributed by atoms with Crippen molar-refractivity contribution in [2.45, 2.75) is 37.7 Å². The third-order valence-electron chi connectivity index (χ3n) is 2.83. The highest BCUT2D eigenvalue weighted by Crippen LogP contribution is 2.22. The number of aromatic carboxylic acids is 1. The van der Waals surface area contributed by atoms with Crippen molar-refractivity contribution in [2.75, 3.05) is 19.0 Å². The second-order valence-electron chi connectivity index (χ2n) is 4.68. The molecule has 0 saturated heterocycles. The Bertz CT molecular complexity index is 434. The topological polar surface area (TPSA) is 66.8 Å². The number of carbonyl (C=O) groups is 1. The quantitative estimate of drug-likeness (QED) is 0.542. The normalized spacial score (nSPS) is 12.3. The van der Waals surface area contributed by atoms with E-state index in [1.807, 2.05) is 6.07 Å². The number of aliphatic hydroxyl groups excluding tert-OH is 1. The van der Waals surface area contributed by atoms with Gasteiger partial charge in [0.25, 0.3) is 0 Å². The summed E-state index contributed by atoms with van der Waals surface area (Å²) >= 11 is 1.44. The first-order valence-electron chi connectivity index (χ1n) is 6.77. The zero-order chi connectivity index (χ0) is 15.0. The lowest BCUT2D eigenvalue weighted by Gasteiger charge is -2.11. The van der Waals surface area contributed by atoms with Gasteiger partial charge in [0.1, 0.15) is 0 Å². The Kier molecular flexibility index (Phi) is 7.65. The molecule has 1 aromatic carbocycles. The molecule has 0 aliphatic rings. The van der Waals surface area contributed by atoms with Gasteiger partial charge in [-0.3, -0.25) is 0 Å². The molecule has 1 atom stereocenters. The lowest BCUT2D eigenvalue weighted by Crippen LogP contribution is -2.18. The molecule has 0 radical (unpaired) electrons. The molecule has 0 spiro atoms. The number of hydrogen-bond donors (Lipinski definition) is 2. The van der Waals surface area contributed by atoms with Gasteiger partial charge in [-0.1, -0.05) is 19.4 Å². The molecule has 112 valence electrons. The maximum atomic E-state index is 11.0. The number of rotatable bonds is 9. The van der Waals surface area contributed by atoms with Crippen molar-refractivity contribution in [2.24, 2.45) is 0 Å². The molecule has 20 heavy (non-hydrogen) atoms. The minimum atomic E-state index is -0.923. The van der Waals surface area contributed by atoms with Crippen LogP contribution in [0.1, 0.15) is 35.7 Å². The van der Waals surface area contributed by atoms with Gasteiger partial charge in [-0.15, -0.1) is 11.8 Å². The van der Waals surface area contributed by atoms with Crippen molar-refractivity contribution in [1.29, 1.82) is 0 Å². The van der Waals surface area contributed by atoms with E-state index in [1.54, 1.807) is 19.1 Å². The van der Waals surface area contributed by atoms with Crippen molar-refractivity contribution < 1.29 is 19.7 Å². The van der Waals surface area contributed by atoms with E-state index in [-0.39, 0.29) is 0 Å². The molecular formula is C15H22O4S. The first-order valence-corrected chi connectivity index (χ1v) is 7.75. The number of carboxylic acid groups (broad SMARTS) is 1. The Morgan fingerprint density at radius 1 is 1.45 bits per heavy atom. The Hall–Kier alpha value is -1.04. The van der Waals surface area contributed by atoms with Gasteiger partial charge in [-0.2, -0.15) is 0 Å². The van der Waals surface area contributed by atoms with Gasteiger partial charge in [0, 0.05) is 17.3 Å². The van der Waals surface area contributed by atoms with Gasteiger partial charge < -0.3 is 14.9 Å². The highest BCUT2D eigenvalue weighted by atomic mass is 32.2. The Labute approximate surface area is 124 Å². The van der Waals surface area contributed by atoms with Crippen molar-refractivity contribution in [1.82, 2.24) is 0 Å². The largest absolute Gasteiger partial charge is 0.478 e. The number of carboxylic acids is 1. The predicted molar refractivity (Wildman–Crippen MR) is 80.6 cm³/mol. The second-order valence-corrected chi connectivity index (χ2v) is 5.77. The van der Waals surface area contributed by atoms with E-state index in [0.29, 0.717) is 24.5 Å². The molecule has 0 saturated carbocycles. The Morgan fingerprint density at radius 3 is 2.85 bits per heavy atom. The van der Waals surface area contributed by atoms with Crippen LogP contribution < -0.4 is 0 Å². The summed E-state index contributed by atoms with van der Waals surface area (Å²) in [5, 5.41) is 18.8. The van der Waals surface area contributed by atoms with Crippen LogP contribution in [0.2, 0.25) is 0 Å². The van der Waals surface area contributed by atoms with Crippen LogP contribution in [0.15, 0.2) is 23.1 Å². The summed E-state index contributed by atoms with van der Waals surface area (Å²) in [6, 6.07) is 5.31. The SMILES string of the molecule is CCCCOCC(O)CSc1ccc(C)c(C(=O)O)c1. The number of thioether (sulfide) groups is 1. The van der Waals surface area contributed by atoms with E-state index in [9.17, 15) is 9.90 Å². The van der Waals surface area contributed by atoms with Crippen molar-refractivity contribution in [3.63, 3.8) is 0 Å². The van der Waals surface area contributed by atoms with Crippen molar-refractivity contribution in [3.8, 4) is 0 Å². The van der Waals surface area contributed by atoms with Crippen molar-refractivity contribution in [3.05, 3.63) is 29.3 Å². The first-order chi connectivity index (χ1) is 9.54. The van der Waals surface area contributed by atoms with Crippen LogP contribution in [0.25, 0.3) is 0 Å². The van der Waals surface area contributed by atoms with Gasteiger partial charge in [0.2, 0.25) is 0 Å². The van der Waals surface area contributed by atoms with E-state index < -0.39 is 12.1 Å². The fourth-order valence-electron chi connectivity index (χ4n) is 1.63. The molecule has 5 heteroatoms. The maximum Gasteiger partial charge on any atom is 0.335 e. The molecule has 1 aromatic rings. The lowest BCUT2D eigenvalue weighted by atomic mass is 10.1. The minimum Gasteiger partial charge on any atom is -0.478 e. The predicted octanol–water partition coefficient (Wildman–Crippen LogP) is 2.96. The summed E-state index contributed by atoms with van der Waals surface area (Å²) in [6.45, 7) is 4.86. The van der Waals surface area contributed by atoms with E-state index in [0.717, 1.165) is 23.3 Å². The van der Waals surface area contributed by atoms with Crippen LogP contribution >= 0.6 is 11.8 Å². The molecule has 0 heterocycles. The molecule has 2 N–H and O–H groups in total. The molecule has 1 unspecified atom stereocenters. The van der Waals surface area contributed by atoms with Crippen molar-refractivity contribution >= 4 is 17.7 Å². The number of benzene rings is 1. The third-order valence-corrected chi connectivity index (χ3v) is 3.97. The van der Waals surface area contributed by atoms with Gasteiger partial charge in [-0.25, -0.2) is 4.79 Å². The summed E-state index contributed by atoms with van der Waals surface area (Å²) in [4.78, 5) is 11.9. The Balaban J connectivity index is 2.41. The lowest BCUT2D eigenvalue weighted by molar-refractivity contribution is 0.0473. The molecule has 0 aliphatic heterocycles. The zero-order valence-corrected chi connectivity index (χ0v) is 12.8. The molecule has 0 amide bonds. The average molecular weight is 298 g/mol. The fourth-order valence-corrected chi connectivity index (χ4v) is 2.47. The smallest absolute Gasteiger partial charge is 0.335 e. The summed E-state index contributed by atoms with van der Waals surface area (Å²) in [6.07, 6.45) is 1.54. The summed E-state index contributed by atoms with van der Waals surface area (Å²) < 4.78 is 5.35. The third kappa shape index (κ3) is 5.94. The van der Waals surface area contributed by atoms with Crippen LogP contribution in [0.3, 0.4) is 0 Å². The first kappa shape index (κ1) is 17.0. The van der Waals surface area contributed by atoms with Crippen LogP contribution in [0, 0.1) is 6.92 Å². The van der Waals surface area contributed by atoms with Crippen LogP contribution in [0.4, 0.5) is 0 Å². The summed E-state index contributed by atoms with van der Waals surface area (Å²) in [5.41, 5.74) is 1.05. The summed E-state index contributed by atoms with van der Waals surface area (Å²) in [5.74, 6) is -0.428. The molecule has 0 bridgehead atoms. The van der Waals surface area contributed by atoms with Gasteiger partial charge in [0.05, 0.1) is 18.3 Å². The van der Waals surface area contributed by atoms with Crippen LogP contribution in [-0.2, 0) is 4.74 Å². The Morgan fingerprint density at radius 2 is 2.20 bits per heavy atom. The molecule has 0 aliphatic carbocycles. The number of ether oxygens (including phenoxy) is 1. The van der Waals surface area contributed by atoms with E-state index in [4.69, 9.17) is 9.84 Å². The molecule has 0 aromatic heterocycles. The van der Waals surface area contributed by atoms with Gasteiger partial charge in [0.15, 0.2) is 0 Å². The molecular weight excluding hydrogens is 276 g/mol.